The van der Waals surface area contributed by atoms with Crippen molar-refractivity contribution in [3.63, 3.8) is 0 Å². The first-order valence-electron chi connectivity index (χ1n) is 26.0. The summed E-state index contributed by atoms with van der Waals surface area (Å²) in [5, 5.41) is 19.0. The summed E-state index contributed by atoms with van der Waals surface area (Å²) >= 11 is 0. The zero-order chi connectivity index (χ0) is 57.8. The minimum Gasteiger partial charge on any atom is -0.391 e. The topological polar surface area (TPSA) is 259 Å². The Labute approximate surface area is 441 Å². The van der Waals surface area contributed by atoms with Crippen molar-refractivity contribution in [2.45, 2.75) is 196 Å². The number of likely N-dealkylation sites (N-methyl/N-ethyl adjacent to an activating group) is 7. The summed E-state index contributed by atoms with van der Waals surface area (Å²) in [6.07, 6.45) is -0.794. The number of carbonyl (C=O) groups is 10. The van der Waals surface area contributed by atoms with E-state index in [1.165, 1.54) is 86.8 Å². The highest BCUT2D eigenvalue weighted by Crippen LogP contribution is 2.23. The number of aliphatic hydroxyl groups excluding tert-OH is 1. The van der Waals surface area contributed by atoms with E-state index in [2.05, 4.69) is 16.0 Å². The van der Waals surface area contributed by atoms with Crippen LogP contribution in [0, 0.1) is 23.7 Å². The molecule has 1 aliphatic rings. The number of nitrogens with zero attached hydrogens (tertiary/aromatic N) is 7. The van der Waals surface area contributed by atoms with Gasteiger partial charge in [-0.15, -0.1) is 0 Å². The fourth-order valence-corrected chi connectivity index (χ4v) is 8.65. The van der Waals surface area contributed by atoms with Gasteiger partial charge >= 0.3 is 6.03 Å². The normalized spacial score (nSPS) is 27.4. The minimum absolute atomic E-state index is 0.0571. The predicted octanol–water partition coefficient (Wildman–Crippen LogP) is 1.91. The first-order chi connectivity index (χ1) is 33.9. The monoisotopic (exact) mass is 1050 g/mol. The fraction of sp³-hybridized carbons (Fsp3) is 0.808. The first kappa shape index (κ1) is 66.6. The highest BCUT2D eigenvalue weighted by molar-refractivity contribution is 6.02. The Morgan fingerprint density at radius 1 is 0.514 bits per heavy atom. The summed E-state index contributed by atoms with van der Waals surface area (Å²) in [5.74, 6) is -7.62. The maximum absolute atomic E-state index is 14.8. The van der Waals surface area contributed by atoms with Crippen LogP contribution >= 0.6 is 0 Å². The third-order valence-corrected chi connectivity index (χ3v) is 13.9. The van der Waals surface area contributed by atoms with Crippen LogP contribution in [0.15, 0.2) is 0 Å². The molecule has 0 spiro atoms. The van der Waals surface area contributed by atoms with Gasteiger partial charge in [-0.05, 0) is 91.4 Å². The van der Waals surface area contributed by atoms with Gasteiger partial charge in [0.15, 0.2) is 0 Å². The summed E-state index contributed by atoms with van der Waals surface area (Å²) in [6, 6.07) is -12.5. The molecule has 1 heterocycles. The lowest BCUT2D eigenvalue weighted by Gasteiger charge is -2.39. The number of ether oxygens (including phenoxy) is 1. The van der Waals surface area contributed by atoms with E-state index in [0.29, 0.717) is 6.42 Å². The van der Waals surface area contributed by atoms with Gasteiger partial charge in [0.1, 0.15) is 54.4 Å². The van der Waals surface area contributed by atoms with Crippen LogP contribution in [0.1, 0.15) is 130 Å². The zero-order valence-corrected chi connectivity index (χ0v) is 48.7. The Kier molecular flexibility index (Phi) is 25.7. The fourth-order valence-electron chi connectivity index (χ4n) is 8.65. The standard InChI is InChI=1S/C52H94N10O12/c1-23-31(8)41-44(66)54-36(27-74-52(13,14)15)42(64)53-32(9)45(67)56(16)33(10)46(68)59(19)39(26-30(6)7)49(71)62(22)51(73)60(20)37(24-28(2)3)43(65)55-40(35(12)63)50(72)57(17)34(11)47(69)58(18)38(25-29(4)5)48(70)61(41)21/h28-41,63H,23-27H2,1-22H3,(H,53,64)(H,54,66)(H,55,65)/t31-,32-,33-,34-,35+,36-,37-,38-,39-,40-,41-/m0/s1. The molecule has 1 aliphatic heterocycles. The quantitative estimate of drug-likeness (QED) is 0.232. The van der Waals surface area contributed by atoms with E-state index in [-0.39, 0.29) is 43.6 Å². The van der Waals surface area contributed by atoms with Gasteiger partial charge in [-0.2, -0.15) is 0 Å². The SMILES string of the molecule is CC[C@H](C)[C@H]1C(=O)N[C@@H](COC(C)(C)C)C(=O)N[C@@H](C)C(=O)N(C)[C@@H](C)C(=O)N(C)[C@@H](CC(C)C)C(=O)N(C)C(=O)N(C)[C@@H](CC(C)C)C(=O)N[C@@H]([C@@H](C)O)C(=O)N(C)[C@@H](C)C(=O)N(C)[C@@H](CC(C)C)C(=O)N1C. The Morgan fingerprint density at radius 3 is 1.36 bits per heavy atom. The Balaban J connectivity index is 4.21. The van der Waals surface area contributed by atoms with Crippen LogP contribution in [0.2, 0.25) is 0 Å². The molecular formula is C52H94N10O12. The predicted molar refractivity (Wildman–Crippen MR) is 281 cm³/mol. The molecule has 0 saturated carbocycles. The second-order valence-corrected chi connectivity index (χ2v) is 22.6. The van der Waals surface area contributed by atoms with Crippen LogP contribution in [-0.4, -0.2) is 221 Å². The van der Waals surface area contributed by atoms with Crippen molar-refractivity contribution in [2.24, 2.45) is 23.7 Å². The van der Waals surface area contributed by atoms with Gasteiger partial charge in [-0.25, -0.2) is 4.79 Å². The van der Waals surface area contributed by atoms with Crippen molar-refractivity contribution in [3.05, 3.63) is 0 Å². The number of rotatable bonds is 11. The van der Waals surface area contributed by atoms with E-state index in [0.717, 1.165) is 24.5 Å². The molecule has 1 rings (SSSR count). The summed E-state index contributed by atoms with van der Waals surface area (Å²) < 4.78 is 5.99. The van der Waals surface area contributed by atoms with E-state index in [9.17, 15) is 53.1 Å². The number of imide groups is 1. The first-order valence-corrected chi connectivity index (χ1v) is 26.0. The van der Waals surface area contributed by atoms with Crippen LogP contribution < -0.4 is 16.0 Å². The minimum atomic E-state index is -1.62. The lowest BCUT2D eigenvalue weighted by Crippen LogP contribution is -2.62. The molecule has 1 saturated heterocycles. The van der Waals surface area contributed by atoms with Gasteiger partial charge in [-0.1, -0.05) is 61.8 Å². The van der Waals surface area contributed by atoms with Crippen LogP contribution in [0.5, 0.6) is 0 Å². The Morgan fingerprint density at radius 2 is 0.946 bits per heavy atom. The lowest BCUT2D eigenvalue weighted by molar-refractivity contribution is -0.153. The molecule has 74 heavy (non-hydrogen) atoms. The van der Waals surface area contributed by atoms with Crippen LogP contribution in [0.25, 0.3) is 0 Å². The van der Waals surface area contributed by atoms with E-state index in [4.69, 9.17) is 4.74 Å². The lowest BCUT2D eigenvalue weighted by atomic mass is 9.94. The third kappa shape index (κ3) is 17.9. The molecule has 4 N–H and O–H groups in total. The largest absolute Gasteiger partial charge is 0.391 e. The molecule has 11 atom stereocenters. The maximum atomic E-state index is 14.8. The average Bonchev–Trinajstić information content (AvgIpc) is 3.32. The number of aliphatic hydroxyl groups is 1. The molecule has 0 unspecified atom stereocenters. The average molecular weight is 1050 g/mol. The summed E-state index contributed by atoms with van der Waals surface area (Å²) in [7, 11) is 9.46. The van der Waals surface area contributed by atoms with Gasteiger partial charge in [0, 0.05) is 49.3 Å². The molecule has 0 radical (unpaired) electrons. The number of urea groups is 1. The van der Waals surface area contributed by atoms with Crippen molar-refractivity contribution in [1.29, 1.82) is 0 Å². The van der Waals surface area contributed by atoms with Crippen molar-refractivity contribution in [3.8, 4) is 0 Å². The molecule has 0 aromatic rings. The molecule has 22 heteroatoms. The van der Waals surface area contributed by atoms with Crippen LogP contribution in [0.4, 0.5) is 4.79 Å². The van der Waals surface area contributed by atoms with Gasteiger partial charge in [0.2, 0.25) is 47.3 Å². The van der Waals surface area contributed by atoms with Gasteiger partial charge in [-0.3, -0.25) is 48.1 Å². The van der Waals surface area contributed by atoms with Gasteiger partial charge < -0.3 is 55.2 Å². The smallest absolute Gasteiger partial charge is 0.326 e. The Bertz CT molecular complexity index is 1990. The highest BCUT2D eigenvalue weighted by atomic mass is 16.5. The number of amides is 11. The van der Waals surface area contributed by atoms with E-state index >= 15 is 0 Å². The zero-order valence-electron chi connectivity index (χ0n) is 48.7. The van der Waals surface area contributed by atoms with Gasteiger partial charge in [0.25, 0.3) is 5.91 Å². The van der Waals surface area contributed by atoms with Crippen molar-refractivity contribution in [2.75, 3.05) is 55.9 Å². The second kappa shape index (κ2) is 28.5. The molecule has 0 aliphatic carbocycles. The third-order valence-electron chi connectivity index (χ3n) is 13.9. The van der Waals surface area contributed by atoms with Crippen LogP contribution in [0.3, 0.4) is 0 Å². The molecular weight excluding hydrogens is 957 g/mol. The van der Waals surface area contributed by atoms with E-state index in [1.54, 1.807) is 41.5 Å². The van der Waals surface area contributed by atoms with Crippen LogP contribution in [-0.2, 0) is 47.9 Å². The molecule has 22 nitrogen and oxygen atoms in total. The number of carbonyl (C=O) groups excluding carboxylic acids is 10. The van der Waals surface area contributed by atoms with Crippen molar-refractivity contribution < 1.29 is 57.8 Å². The summed E-state index contributed by atoms with van der Waals surface area (Å²) in [5.41, 5.74) is -0.781. The van der Waals surface area contributed by atoms with Gasteiger partial charge in [0.05, 0.1) is 18.3 Å². The Hall–Kier alpha value is -5.38. The second-order valence-electron chi connectivity index (χ2n) is 22.6. The highest BCUT2D eigenvalue weighted by Gasteiger charge is 2.44. The number of hydrogen-bond acceptors (Lipinski definition) is 12. The molecule has 11 amide bonds. The maximum Gasteiger partial charge on any atom is 0.326 e. The molecule has 1 fully saturated rings. The number of nitrogens with one attached hydrogen (secondary N) is 3. The molecule has 0 aromatic carbocycles. The summed E-state index contributed by atoms with van der Waals surface area (Å²) in [6.45, 7) is 25.1. The van der Waals surface area contributed by atoms with E-state index in [1.807, 2.05) is 34.6 Å². The molecule has 0 aromatic heterocycles. The molecule has 424 valence electrons. The summed E-state index contributed by atoms with van der Waals surface area (Å²) in [4.78, 5) is 151. The van der Waals surface area contributed by atoms with E-state index < -0.39 is 131 Å². The number of hydrogen-bond donors (Lipinski definition) is 4. The molecule has 0 bridgehead atoms. The van der Waals surface area contributed by atoms with Crippen molar-refractivity contribution >= 4 is 59.2 Å². The van der Waals surface area contributed by atoms with Crippen molar-refractivity contribution in [1.82, 2.24) is 50.2 Å².